The van der Waals surface area contributed by atoms with Crippen molar-refractivity contribution in [3.05, 3.63) is 48.0 Å². The number of unbranched alkanes of at least 4 members (excludes halogenated alkanes) is 8. The largest absolute Gasteiger partial charge is 1.00 e. The predicted octanol–water partition coefficient (Wildman–Crippen LogP) is 2.88. The van der Waals surface area contributed by atoms with Crippen LogP contribution in [-0.4, -0.2) is 13.0 Å². The first kappa shape index (κ1) is 27.6. The first-order chi connectivity index (χ1) is 13.9. The molecular formula is C23H31KO5S. The third-order valence-electron chi connectivity index (χ3n) is 4.90. The zero-order valence-corrected chi connectivity index (χ0v) is 22.0. The van der Waals surface area contributed by atoms with Crippen LogP contribution in [0.15, 0.2) is 47.4 Å². The van der Waals surface area contributed by atoms with Crippen molar-refractivity contribution in [1.29, 1.82) is 0 Å². The van der Waals surface area contributed by atoms with E-state index >= 15 is 0 Å². The van der Waals surface area contributed by atoms with Gasteiger partial charge in [-0.25, -0.2) is 0 Å². The minimum absolute atomic E-state index is 0. The molecule has 0 aliphatic heterocycles. The normalized spacial score (nSPS) is 11.1. The minimum Gasteiger partial charge on any atom is -0.871 e. The Labute approximate surface area is 223 Å². The van der Waals surface area contributed by atoms with Gasteiger partial charge in [0.25, 0.3) is 10.1 Å². The molecule has 0 bridgehead atoms. The van der Waals surface area contributed by atoms with Gasteiger partial charge < -0.3 is 9.84 Å². The van der Waals surface area contributed by atoms with E-state index in [0.29, 0.717) is 5.75 Å². The van der Waals surface area contributed by atoms with Gasteiger partial charge in [0.2, 0.25) is 0 Å². The molecule has 160 valence electrons. The summed E-state index contributed by atoms with van der Waals surface area (Å²) in [5, 5.41) is 11.8. The maximum atomic E-state index is 11.8. The second-order valence-corrected chi connectivity index (χ2v) is 8.80. The first-order valence-electron chi connectivity index (χ1n) is 10.5. The van der Waals surface area contributed by atoms with Gasteiger partial charge in [-0.05, 0) is 48.7 Å². The molecule has 5 nitrogen and oxygen atoms in total. The Hall–Kier alpha value is -0.414. The van der Waals surface area contributed by atoms with Gasteiger partial charge in [-0.3, -0.25) is 4.55 Å². The average molecular weight is 459 g/mol. The van der Waals surface area contributed by atoms with Gasteiger partial charge in [0.15, 0.2) is 0 Å². The Kier molecular flexibility index (Phi) is 13.5. The van der Waals surface area contributed by atoms with Gasteiger partial charge >= 0.3 is 51.4 Å². The van der Waals surface area contributed by atoms with E-state index in [1.54, 1.807) is 6.07 Å². The van der Waals surface area contributed by atoms with Crippen molar-refractivity contribution >= 4 is 10.1 Å². The fraction of sp³-hybridized carbons (Fsp3) is 0.478. The summed E-state index contributed by atoms with van der Waals surface area (Å²) in [6.45, 7) is 2.24. The van der Waals surface area contributed by atoms with E-state index in [9.17, 15) is 13.5 Å². The minimum atomic E-state index is -4.52. The third kappa shape index (κ3) is 10.3. The molecule has 0 radical (unpaired) electrons. The van der Waals surface area contributed by atoms with E-state index in [1.165, 1.54) is 63.0 Å². The van der Waals surface area contributed by atoms with Crippen molar-refractivity contribution in [2.24, 2.45) is 0 Å². The van der Waals surface area contributed by atoms with Crippen LogP contribution >= 0.6 is 0 Å². The molecule has 2 rings (SSSR count). The van der Waals surface area contributed by atoms with Crippen molar-refractivity contribution in [2.45, 2.75) is 76.0 Å². The Morgan fingerprint density at radius 1 is 0.867 bits per heavy atom. The molecule has 0 saturated heterocycles. The number of benzene rings is 2. The molecule has 0 aliphatic rings. The van der Waals surface area contributed by atoms with Crippen LogP contribution < -0.4 is 61.2 Å². The smallest absolute Gasteiger partial charge is 0.871 e. The molecular weight excluding hydrogens is 427 g/mol. The molecule has 1 N–H and O–H groups in total. The fourth-order valence-electron chi connectivity index (χ4n) is 3.31. The SMILES string of the molecule is CCCCCCCCCCCc1cccc(Oc2ccc(S(=O)(=O)O)c([O-])c2)c1.[K+]. The van der Waals surface area contributed by atoms with Crippen LogP contribution in [-0.2, 0) is 16.5 Å². The quantitative estimate of drug-likeness (QED) is 0.283. The molecule has 0 spiro atoms. The Balaban J connectivity index is 0.00000450. The van der Waals surface area contributed by atoms with E-state index in [1.807, 2.05) is 12.1 Å². The number of hydrogen-bond acceptors (Lipinski definition) is 4. The maximum absolute atomic E-state index is 11.8. The van der Waals surface area contributed by atoms with Crippen molar-refractivity contribution in [1.82, 2.24) is 0 Å². The summed E-state index contributed by atoms with van der Waals surface area (Å²) in [6.07, 6.45) is 12.6. The molecule has 7 heteroatoms. The van der Waals surface area contributed by atoms with Crippen LogP contribution in [0.4, 0.5) is 0 Å². The van der Waals surface area contributed by atoms with Gasteiger partial charge in [0.05, 0.1) is 4.90 Å². The molecule has 0 amide bonds. The van der Waals surface area contributed by atoms with Crippen LogP contribution in [0.25, 0.3) is 0 Å². The van der Waals surface area contributed by atoms with E-state index in [-0.39, 0.29) is 57.1 Å². The molecule has 0 heterocycles. The fourth-order valence-corrected chi connectivity index (χ4v) is 3.86. The number of aryl methyl sites for hydroxylation is 1. The average Bonchev–Trinajstić information content (AvgIpc) is 2.66. The van der Waals surface area contributed by atoms with Gasteiger partial charge in [-0.1, -0.05) is 76.2 Å². The number of rotatable bonds is 13. The molecule has 2 aromatic rings. The Morgan fingerprint density at radius 2 is 1.47 bits per heavy atom. The second-order valence-electron chi connectivity index (χ2n) is 7.41. The number of ether oxygens (including phenoxy) is 1. The molecule has 0 atom stereocenters. The standard InChI is InChI=1S/C23H32O5S.K/c1-2-3-4-5-6-7-8-9-10-12-19-13-11-14-20(17-19)28-21-15-16-23(22(24)18-21)29(25,26)27;/h11,13-18,24H,2-10,12H2,1H3,(H,25,26,27);/q;+1/p-1. The summed E-state index contributed by atoms with van der Waals surface area (Å²) in [6, 6.07) is 11.2. The van der Waals surface area contributed by atoms with E-state index in [4.69, 9.17) is 9.29 Å². The van der Waals surface area contributed by atoms with E-state index < -0.39 is 20.8 Å². The van der Waals surface area contributed by atoms with Crippen molar-refractivity contribution in [3.8, 4) is 17.2 Å². The van der Waals surface area contributed by atoms with E-state index in [0.717, 1.165) is 25.0 Å². The zero-order valence-electron chi connectivity index (χ0n) is 18.1. The van der Waals surface area contributed by atoms with Crippen molar-refractivity contribution in [2.75, 3.05) is 0 Å². The Bertz CT molecular complexity index is 868. The summed E-state index contributed by atoms with van der Waals surface area (Å²) in [4.78, 5) is -0.649. The van der Waals surface area contributed by atoms with Crippen molar-refractivity contribution < 1.29 is 74.2 Å². The maximum Gasteiger partial charge on any atom is 1.00 e. The van der Waals surface area contributed by atoms with Gasteiger partial charge in [0.1, 0.15) is 11.5 Å². The van der Waals surface area contributed by atoms with Crippen LogP contribution in [0.5, 0.6) is 17.2 Å². The zero-order chi connectivity index (χ0) is 21.1. The molecule has 30 heavy (non-hydrogen) atoms. The summed E-state index contributed by atoms with van der Waals surface area (Å²) in [5.74, 6) is 0.0379. The van der Waals surface area contributed by atoms with Crippen LogP contribution in [0.2, 0.25) is 0 Å². The number of hydrogen-bond donors (Lipinski definition) is 1. The first-order valence-corrected chi connectivity index (χ1v) is 11.9. The summed E-state index contributed by atoms with van der Waals surface area (Å²) >= 11 is 0. The van der Waals surface area contributed by atoms with Gasteiger partial charge in [-0.2, -0.15) is 8.42 Å². The molecule has 0 saturated carbocycles. The van der Waals surface area contributed by atoms with Crippen LogP contribution in [0, 0.1) is 0 Å². The predicted molar refractivity (Wildman–Crippen MR) is 113 cm³/mol. The summed E-state index contributed by atoms with van der Waals surface area (Å²) in [7, 11) is -4.52. The molecule has 0 fully saturated rings. The third-order valence-corrected chi connectivity index (χ3v) is 5.79. The van der Waals surface area contributed by atoms with Crippen LogP contribution in [0.1, 0.15) is 70.3 Å². The summed E-state index contributed by atoms with van der Waals surface area (Å²) in [5.41, 5.74) is 1.17. The molecule has 0 unspecified atom stereocenters. The van der Waals surface area contributed by atoms with Gasteiger partial charge in [-0.15, -0.1) is 0 Å². The van der Waals surface area contributed by atoms with Gasteiger partial charge in [0, 0.05) is 0 Å². The topological polar surface area (TPSA) is 86.7 Å². The summed E-state index contributed by atoms with van der Waals surface area (Å²) < 4.78 is 36.9. The second kappa shape index (κ2) is 14.6. The monoisotopic (exact) mass is 458 g/mol. The molecule has 0 aliphatic carbocycles. The van der Waals surface area contributed by atoms with Crippen LogP contribution in [0.3, 0.4) is 0 Å². The van der Waals surface area contributed by atoms with E-state index in [2.05, 4.69) is 13.0 Å². The Morgan fingerprint density at radius 3 is 2.07 bits per heavy atom. The molecule has 0 aromatic heterocycles. The molecule has 2 aromatic carbocycles. The van der Waals surface area contributed by atoms with Crippen molar-refractivity contribution in [3.63, 3.8) is 0 Å².